The number of piperidine rings is 1. The molecule has 29 heavy (non-hydrogen) atoms. The SMILES string of the molecule is O=C(Nc1nnc(CCc2ccccc2)s1)C1CCN(C(=O)c2cccs2)CC1. The van der Waals surface area contributed by atoms with Crippen LogP contribution >= 0.6 is 22.7 Å². The minimum absolute atomic E-state index is 0.0287. The van der Waals surface area contributed by atoms with Crippen molar-refractivity contribution >= 4 is 39.6 Å². The van der Waals surface area contributed by atoms with Crippen LogP contribution in [0.15, 0.2) is 47.8 Å². The monoisotopic (exact) mass is 426 g/mol. The molecule has 3 heterocycles. The minimum Gasteiger partial charge on any atom is -0.338 e. The molecule has 0 unspecified atom stereocenters. The van der Waals surface area contributed by atoms with Gasteiger partial charge in [0, 0.05) is 25.4 Å². The zero-order chi connectivity index (χ0) is 20.1. The predicted molar refractivity (Wildman–Crippen MR) is 115 cm³/mol. The first-order valence-corrected chi connectivity index (χ1v) is 11.4. The second-order valence-corrected chi connectivity index (χ2v) is 9.03. The van der Waals surface area contributed by atoms with Gasteiger partial charge in [0.1, 0.15) is 5.01 Å². The van der Waals surface area contributed by atoms with Gasteiger partial charge < -0.3 is 10.2 Å². The van der Waals surface area contributed by atoms with Crippen molar-refractivity contribution in [1.29, 1.82) is 0 Å². The van der Waals surface area contributed by atoms with E-state index in [1.807, 2.05) is 40.6 Å². The van der Waals surface area contributed by atoms with Crippen molar-refractivity contribution in [2.75, 3.05) is 18.4 Å². The lowest BCUT2D eigenvalue weighted by atomic mass is 9.96. The number of carbonyl (C=O) groups excluding carboxylic acids is 2. The summed E-state index contributed by atoms with van der Waals surface area (Å²) in [5, 5.41) is 14.6. The summed E-state index contributed by atoms with van der Waals surface area (Å²) in [4.78, 5) is 27.6. The summed E-state index contributed by atoms with van der Waals surface area (Å²) < 4.78 is 0. The minimum atomic E-state index is -0.0981. The highest BCUT2D eigenvalue weighted by molar-refractivity contribution is 7.15. The third-order valence-electron chi connectivity index (χ3n) is 5.05. The number of carbonyl (C=O) groups is 2. The summed E-state index contributed by atoms with van der Waals surface area (Å²) in [5.74, 6) is -0.0657. The van der Waals surface area contributed by atoms with Crippen LogP contribution in [0.5, 0.6) is 0 Å². The van der Waals surface area contributed by atoms with Crippen molar-refractivity contribution in [3.8, 4) is 0 Å². The molecule has 3 aromatic rings. The molecule has 0 bridgehead atoms. The number of thiophene rings is 1. The van der Waals surface area contributed by atoms with Gasteiger partial charge >= 0.3 is 0 Å². The first-order chi connectivity index (χ1) is 14.2. The van der Waals surface area contributed by atoms with E-state index in [2.05, 4.69) is 27.6 Å². The number of likely N-dealkylation sites (tertiary alicyclic amines) is 1. The number of benzene rings is 1. The van der Waals surface area contributed by atoms with E-state index in [4.69, 9.17) is 0 Å². The number of nitrogens with zero attached hydrogens (tertiary/aromatic N) is 3. The fourth-order valence-corrected chi connectivity index (χ4v) is 4.84. The molecule has 0 aliphatic carbocycles. The van der Waals surface area contributed by atoms with Crippen LogP contribution < -0.4 is 5.32 Å². The molecule has 1 aliphatic heterocycles. The Morgan fingerprint density at radius 1 is 1.03 bits per heavy atom. The fourth-order valence-electron chi connectivity index (χ4n) is 3.41. The zero-order valence-electron chi connectivity index (χ0n) is 15.9. The lowest BCUT2D eigenvalue weighted by Gasteiger charge is -2.30. The van der Waals surface area contributed by atoms with Crippen molar-refractivity contribution in [3.63, 3.8) is 0 Å². The lowest BCUT2D eigenvalue weighted by Crippen LogP contribution is -2.41. The highest BCUT2D eigenvalue weighted by Gasteiger charge is 2.28. The first-order valence-electron chi connectivity index (χ1n) is 9.69. The number of hydrogen-bond acceptors (Lipinski definition) is 6. The van der Waals surface area contributed by atoms with Crippen LogP contribution in [0.4, 0.5) is 5.13 Å². The number of amides is 2. The highest BCUT2D eigenvalue weighted by atomic mass is 32.1. The maximum Gasteiger partial charge on any atom is 0.263 e. The molecule has 6 nitrogen and oxygen atoms in total. The number of aryl methyl sites for hydroxylation is 2. The molecule has 1 aromatic carbocycles. The Labute approximate surface area is 177 Å². The Morgan fingerprint density at radius 3 is 2.55 bits per heavy atom. The van der Waals surface area contributed by atoms with Crippen molar-refractivity contribution in [1.82, 2.24) is 15.1 Å². The standard InChI is InChI=1S/C21H22N4O2S2/c26-19(16-10-12-25(13-11-16)20(27)17-7-4-14-28-17)22-21-24-23-18(29-21)9-8-15-5-2-1-3-6-15/h1-7,14,16H,8-13H2,(H,22,24,26). The van der Waals surface area contributed by atoms with Crippen LogP contribution in [0.1, 0.15) is 33.1 Å². The van der Waals surface area contributed by atoms with E-state index in [0.717, 1.165) is 22.7 Å². The number of rotatable bonds is 6. The smallest absolute Gasteiger partial charge is 0.263 e. The van der Waals surface area contributed by atoms with Gasteiger partial charge in [0.05, 0.1) is 4.88 Å². The molecule has 1 fully saturated rings. The maximum atomic E-state index is 12.6. The molecular weight excluding hydrogens is 404 g/mol. The Kier molecular flexibility index (Phi) is 6.31. The van der Waals surface area contributed by atoms with Gasteiger partial charge in [-0.15, -0.1) is 21.5 Å². The molecule has 2 amide bonds. The van der Waals surface area contributed by atoms with Crippen LogP contribution in [0.2, 0.25) is 0 Å². The average Bonchev–Trinajstić information content (AvgIpc) is 3.45. The van der Waals surface area contributed by atoms with Gasteiger partial charge in [-0.3, -0.25) is 9.59 Å². The van der Waals surface area contributed by atoms with Crippen molar-refractivity contribution < 1.29 is 9.59 Å². The predicted octanol–water partition coefficient (Wildman–Crippen LogP) is 3.88. The summed E-state index contributed by atoms with van der Waals surface area (Å²) in [6.07, 6.45) is 3.05. The van der Waals surface area contributed by atoms with Crippen LogP contribution in [-0.2, 0) is 17.6 Å². The van der Waals surface area contributed by atoms with Gasteiger partial charge in [-0.05, 0) is 36.3 Å². The number of nitrogens with one attached hydrogen (secondary N) is 1. The van der Waals surface area contributed by atoms with E-state index in [1.54, 1.807) is 0 Å². The third kappa shape index (κ3) is 5.07. The van der Waals surface area contributed by atoms with Crippen LogP contribution in [0.25, 0.3) is 0 Å². The normalized spacial score (nSPS) is 14.7. The number of hydrogen-bond donors (Lipinski definition) is 1. The summed E-state index contributed by atoms with van der Waals surface area (Å²) in [7, 11) is 0. The molecule has 0 atom stereocenters. The molecule has 0 spiro atoms. The van der Waals surface area contributed by atoms with E-state index in [0.29, 0.717) is 31.1 Å². The van der Waals surface area contributed by atoms with Gasteiger partial charge in [0.15, 0.2) is 0 Å². The molecular formula is C21H22N4O2S2. The molecule has 8 heteroatoms. The zero-order valence-corrected chi connectivity index (χ0v) is 17.5. The molecule has 150 valence electrons. The summed E-state index contributed by atoms with van der Waals surface area (Å²) in [6.45, 7) is 1.21. The molecule has 1 N–H and O–H groups in total. The molecule has 0 saturated carbocycles. The quantitative estimate of drug-likeness (QED) is 0.649. The summed E-state index contributed by atoms with van der Waals surface area (Å²) in [5.41, 5.74) is 1.26. The Hall–Kier alpha value is -2.58. The topological polar surface area (TPSA) is 75.2 Å². The van der Waals surface area contributed by atoms with Gasteiger partial charge in [-0.25, -0.2) is 0 Å². The second-order valence-electron chi connectivity index (χ2n) is 7.02. The fraction of sp³-hybridized carbons (Fsp3) is 0.333. The first kappa shape index (κ1) is 19.7. The molecule has 1 saturated heterocycles. The van der Waals surface area contributed by atoms with Crippen molar-refractivity contribution in [2.45, 2.75) is 25.7 Å². The average molecular weight is 427 g/mol. The van der Waals surface area contributed by atoms with Gasteiger partial charge in [-0.2, -0.15) is 0 Å². The Morgan fingerprint density at radius 2 is 1.83 bits per heavy atom. The Balaban J connectivity index is 1.25. The van der Waals surface area contributed by atoms with Gasteiger partial charge in [0.2, 0.25) is 11.0 Å². The molecule has 0 radical (unpaired) electrons. The van der Waals surface area contributed by atoms with Gasteiger partial charge in [0.25, 0.3) is 5.91 Å². The second kappa shape index (κ2) is 9.28. The molecule has 4 rings (SSSR count). The van der Waals surface area contributed by atoms with E-state index < -0.39 is 0 Å². The highest BCUT2D eigenvalue weighted by Crippen LogP contribution is 2.23. The van der Waals surface area contributed by atoms with Crippen molar-refractivity contribution in [2.24, 2.45) is 5.92 Å². The van der Waals surface area contributed by atoms with E-state index in [1.165, 1.54) is 28.2 Å². The largest absolute Gasteiger partial charge is 0.338 e. The van der Waals surface area contributed by atoms with Crippen LogP contribution in [0, 0.1) is 5.92 Å². The van der Waals surface area contributed by atoms with E-state index in [9.17, 15) is 9.59 Å². The third-order valence-corrected chi connectivity index (χ3v) is 6.81. The van der Waals surface area contributed by atoms with Crippen molar-refractivity contribution in [3.05, 3.63) is 63.3 Å². The Bertz CT molecular complexity index is 948. The molecule has 1 aliphatic rings. The maximum absolute atomic E-state index is 12.6. The van der Waals surface area contributed by atoms with Crippen LogP contribution in [-0.4, -0.2) is 40.0 Å². The van der Waals surface area contributed by atoms with Crippen LogP contribution in [0.3, 0.4) is 0 Å². The lowest BCUT2D eigenvalue weighted by molar-refractivity contribution is -0.121. The number of aromatic nitrogens is 2. The summed E-state index contributed by atoms with van der Waals surface area (Å²) >= 11 is 2.88. The van der Waals surface area contributed by atoms with E-state index >= 15 is 0 Å². The van der Waals surface area contributed by atoms with Gasteiger partial charge in [-0.1, -0.05) is 47.7 Å². The molecule has 2 aromatic heterocycles. The van der Waals surface area contributed by atoms with E-state index in [-0.39, 0.29) is 17.7 Å². The summed E-state index contributed by atoms with van der Waals surface area (Å²) in [6, 6.07) is 14.0. The number of anilines is 1.